The molecule has 0 aliphatic carbocycles. The van der Waals surface area contributed by atoms with Crippen LogP contribution in [0.4, 0.5) is 0 Å². The molecule has 1 aromatic rings. The van der Waals surface area contributed by atoms with Gasteiger partial charge in [0, 0.05) is 0 Å². The van der Waals surface area contributed by atoms with E-state index in [1.165, 1.54) is 16.7 Å². The van der Waals surface area contributed by atoms with Gasteiger partial charge in [-0.05, 0) is 64.9 Å². The van der Waals surface area contributed by atoms with Gasteiger partial charge in [-0.3, -0.25) is 9.69 Å². The molecule has 0 aliphatic rings. The van der Waals surface area contributed by atoms with E-state index in [2.05, 4.69) is 32.0 Å². The highest BCUT2D eigenvalue weighted by Gasteiger charge is 2.32. The first-order valence-corrected chi connectivity index (χ1v) is 6.02. The lowest BCUT2D eigenvalue weighted by atomic mass is 9.87. The van der Waals surface area contributed by atoms with E-state index in [4.69, 9.17) is 0 Å². The number of hydrogen-bond donors (Lipinski definition) is 0. The summed E-state index contributed by atoms with van der Waals surface area (Å²) in [5.41, 5.74) is 3.39. The minimum Gasteiger partial charge on any atom is -0.298 e. The zero-order valence-corrected chi connectivity index (χ0v) is 11.8. The van der Waals surface area contributed by atoms with E-state index in [1.807, 2.05) is 25.9 Å². The van der Waals surface area contributed by atoms with Gasteiger partial charge in [-0.15, -0.1) is 0 Å². The molecular weight excluding hydrogens is 210 g/mol. The summed E-state index contributed by atoms with van der Waals surface area (Å²) in [6, 6.07) is 6.42. The molecule has 0 saturated carbocycles. The largest absolute Gasteiger partial charge is 0.298 e. The minimum atomic E-state index is -0.415. The van der Waals surface area contributed by atoms with Crippen molar-refractivity contribution in [1.82, 2.24) is 4.90 Å². The van der Waals surface area contributed by atoms with Crippen LogP contribution < -0.4 is 0 Å². The van der Waals surface area contributed by atoms with Crippen LogP contribution in [0.1, 0.15) is 30.5 Å². The first kappa shape index (κ1) is 13.9. The van der Waals surface area contributed by atoms with Gasteiger partial charge in [0.25, 0.3) is 0 Å². The van der Waals surface area contributed by atoms with Crippen molar-refractivity contribution in [3.8, 4) is 0 Å². The van der Waals surface area contributed by atoms with Gasteiger partial charge in [-0.1, -0.05) is 18.2 Å². The third kappa shape index (κ3) is 2.95. The summed E-state index contributed by atoms with van der Waals surface area (Å²) in [6.07, 6.45) is 0.760. The molecule has 1 unspecified atom stereocenters. The van der Waals surface area contributed by atoms with Crippen LogP contribution in [-0.4, -0.2) is 30.3 Å². The van der Waals surface area contributed by atoms with E-state index in [0.717, 1.165) is 6.42 Å². The molecule has 0 N–H and O–H groups in total. The lowest BCUT2D eigenvalue weighted by Crippen LogP contribution is -2.49. The first-order chi connectivity index (χ1) is 7.77. The van der Waals surface area contributed by atoms with Crippen molar-refractivity contribution in [1.29, 1.82) is 0 Å². The number of aryl methyl sites for hydroxylation is 2. The Morgan fingerprint density at radius 1 is 1.24 bits per heavy atom. The summed E-state index contributed by atoms with van der Waals surface area (Å²) in [4.78, 5) is 13.8. The van der Waals surface area contributed by atoms with Crippen molar-refractivity contribution in [2.45, 2.75) is 39.7 Å². The summed E-state index contributed by atoms with van der Waals surface area (Å²) < 4.78 is 0. The van der Waals surface area contributed by atoms with Crippen molar-refractivity contribution in [3.63, 3.8) is 0 Å². The topological polar surface area (TPSA) is 20.3 Å². The molecule has 1 rings (SSSR count). The quantitative estimate of drug-likeness (QED) is 0.797. The molecule has 0 aliphatic heterocycles. The van der Waals surface area contributed by atoms with E-state index in [9.17, 15) is 4.79 Å². The highest BCUT2D eigenvalue weighted by molar-refractivity contribution is 5.86. The highest BCUT2D eigenvalue weighted by Crippen LogP contribution is 2.21. The van der Waals surface area contributed by atoms with Crippen molar-refractivity contribution in [2.75, 3.05) is 14.1 Å². The van der Waals surface area contributed by atoms with Gasteiger partial charge in [-0.2, -0.15) is 0 Å². The molecule has 0 radical (unpaired) electrons. The Labute approximate surface area is 105 Å². The number of rotatable bonds is 4. The number of ketones is 1. The molecule has 0 saturated heterocycles. The van der Waals surface area contributed by atoms with Crippen molar-refractivity contribution in [3.05, 3.63) is 34.9 Å². The van der Waals surface area contributed by atoms with Crippen LogP contribution in [0.3, 0.4) is 0 Å². The van der Waals surface area contributed by atoms with Crippen LogP contribution in [0.25, 0.3) is 0 Å². The van der Waals surface area contributed by atoms with Crippen molar-refractivity contribution in [2.24, 2.45) is 0 Å². The first-order valence-electron chi connectivity index (χ1n) is 6.02. The molecule has 0 aromatic heterocycles. The molecule has 0 heterocycles. The predicted octanol–water partition coefficient (Wildman–Crippen LogP) is 2.76. The monoisotopic (exact) mass is 233 g/mol. The van der Waals surface area contributed by atoms with E-state index in [1.54, 1.807) is 6.92 Å². The number of hydrogen-bond acceptors (Lipinski definition) is 2. The van der Waals surface area contributed by atoms with E-state index < -0.39 is 5.54 Å². The van der Waals surface area contributed by atoms with Crippen molar-refractivity contribution < 1.29 is 4.79 Å². The molecule has 17 heavy (non-hydrogen) atoms. The maximum absolute atomic E-state index is 11.8. The fourth-order valence-corrected chi connectivity index (χ4v) is 1.91. The van der Waals surface area contributed by atoms with Crippen LogP contribution in [-0.2, 0) is 11.2 Å². The number of Topliss-reactive ketones (excluding diaryl/α,β-unsaturated/α-hetero) is 1. The van der Waals surface area contributed by atoms with Gasteiger partial charge in [0.1, 0.15) is 5.78 Å². The van der Waals surface area contributed by atoms with Gasteiger partial charge in [0.05, 0.1) is 5.54 Å². The Bertz CT molecular complexity index is 423. The summed E-state index contributed by atoms with van der Waals surface area (Å²) in [7, 11) is 3.92. The van der Waals surface area contributed by atoms with E-state index in [0.29, 0.717) is 0 Å². The molecule has 1 atom stereocenters. The third-order valence-corrected chi connectivity index (χ3v) is 3.87. The molecule has 0 amide bonds. The standard InChI is InChI=1S/C15H23NO/c1-11-7-8-14(9-12(11)2)10-15(4,13(3)17)16(5)6/h7-9H,10H2,1-6H3. The molecule has 0 spiro atoms. The molecule has 0 fully saturated rings. The Hall–Kier alpha value is -1.15. The number of carbonyl (C=O) groups excluding carboxylic acids is 1. The van der Waals surface area contributed by atoms with Crippen LogP contribution in [0.5, 0.6) is 0 Å². The SMILES string of the molecule is CC(=O)C(C)(Cc1ccc(C)c(C)c1)N(C)C. The van der Waals surface area contributed by atoms with Gasteiger partial charge in [0.15, 0.2) is 0 Å². The molecule has 2 nitrogen and oxygen atoms in total. The van der Waals surface area contributed by atoms with Gasteiger partial charge < -0.3 is 0 Å². The summed E-state index contributed by atoms with van der Waals surface area (Å²) in [6.45, 7) is 7.89. The smallest absolute Gasteiger partial charge is 0.150 e. The van der Waals surface area contributed by atoms with Gasteiger partial charge in [0.2, 0.25) is 0 Å². The average Bonchev–Trinajstić information content (AvgIpc) is 2.22. The number of nitrogens with zero attached hydrogens (tertiary/aromatic N) is 1. The zero-order valence-electron chi connectivity index (χ0n) is 11.8. The van der Waals surface area contributed by atoms with E-state index in [-0.39, 0.29) is 5.78 Å². The normalized spacial score (nSPS) is 14.8. The third-order valence-electron chi connectivity index (χ3n) is 3.87. The molecule has 2 heteroatoms. The second kappa shape index (κ2) is 5.01. The van der Waals surface area contributed by atoms with E-state index >= 15 is 0 Å². The maximum Gasteiger partial charge on any atom is 0.150 e. The Balaban J connectivity index is 3.02. The lowest BCUT2D eigenvalue weighted by molar-refractivity contribution is -0.126. The summed E-state index contributed by atoms with van der Waals surface area (Å²) in [5.74, 6) is 0.209. The molecule has 1 aromatic carbocycles. The van der Waals surface area contributed by atoms with Gasteiger partial charge in [-0.25, -0.2) is 0 Å². The maximum atomic E-state index is 11.8. The highest BCUT2D eigenvalue weighted by atomic mass is 16.1. The number of carbonyl (C=O) groups is 1. The van der Waals surface area contributed by atoms with Crippen molar-refractivity contribution >= 4 is 5.78 Å². The summed E-state index contributed by atoms with van der Waals surface area (Å²) in [5, 5.41) is 0. The lowest BCUT2D eigenvalue weighted by Gasteiger charge is -2.34. The number of benzene rings is 1. The molecule has 94 valence electrons. The Kier molecular flexibility index (Phi) is 4.10. The fraction of sp³-hybridized carbons (Fsp3) is 0.533. The Morgan fingerprint density at radius 3 is 2.24 bits per heavy atom. The average molecular weight is 233 g/mol. The molecular formula is C15H23NO. The zero-order chi connectivity index (χ0) is 13.2. The van der Waals surface area contributed by atoms with Crippen LogP contribution in [0.2, 0.25) is 0 Å². The Morgan fingerprint density at radius 2 is 1.82 bits per heavy atom. The van der Waals surface area contributed by atoms with Crippen LogP contribution in [0, 0.1) is 13.8 Å². The second-order valence-electron chi connectivity index (χ2n) is 5.32. The molecule has 0 bridgehead atoms. The predicted molar refractivity (Wildman–Crippen MR) is 72.4 cm³/mol. The van der Waals surface area contributed by atoms with Crippen LogP contribution >= 0.6 is 0 Å². The minimum absolute atomic E-state index is 0.209. The fourth-order valence-electron chi connectivity index (χ4n) is 1.91. The van der Waals surface area contributed by atoms with Gasteiger partial charge >= 0.3 is 0 Å². The number of likely N-dealkylation sites (N-methyl/N-ethyl adjacent to an activating group) is 1. The van der Waals surface area contributed by atoms with Crippen LogP contribution in [0.15, 0.2) is 18.2 Å². The second-order valence-corrected chi connectivity index (χ2v) is 5.32. The summed E-state index contributed by atoms with van der Waals surface area (Å²) >= 11 is 0.